The van der Waals surface area contributed by atoms with Crippen molar-refractivity contribution in [2.24, 2.45) is 0 Å². The van der Waals surface area contributed by atoms with Gasteiger partial charge in [-0.05, 0) is 46.6 Å². The van der Waals surface area contributed by atoms with Gasteiger partial charge in [0.2, 0.25) is 17.7 Å². The van der Waals surface area contributed by atoms with E-state index >= 15 is 0 Å². The Morgan fingerprint density at radius 3 is 2.67 bits per heavy atom. The molecule has 24 heavy (non-hydrogen) atoms. The molecule has 0 radical (unpaired) electrons. The summed E-state index contributed by atoms with van der Waals surface area (Å²) in [6.45, 7) is 1.99. The van der Waals surface area contributed by atoms with Crippen molar-refractivity contribution in [3.8, 4) is 11.5 Å². The molecule has 0 saturated carbocycles. The second-order valence-corrected chi connectivity index (χ2v) is 6.20. The first kappa shape index (κ1) is 16.4. The minimum absolute atomic E-state index is 0.0995. The molecule has 3 rings (SSSR count). The molecule has 3 aromatic rings. The highest BCUT2D eigenvalue weighted by Crippen LogP contribution is 2.23. The van der Waals surface area contributed by atoms with Crippen LogP contribution in [-0.2, 0) is 11.2 Å². The average molecular weight is 386 g/mol. The second kappa shape index (κ2) is 7.40. The van der Waals surface area contributed by atoms with Gasteiger partial charge in [0.05, 0.1) is 5.69 Å². The molecule has 1 amide bonds. The molecule has 0 unspecified atom stereocenters. The maximum Gasteiger partial charge on any atom is 0.247 e. The van der Waals surface area contributed by atoms with Crippen LogP contribution in [-0.4, -0.2) is 16.1 Å². The zero-order chi connectivity index (χ0) is 16.9. The fourth-order valence-electron chi connectivity index (χ4n) is 2.27. The van der Waals surface area contributed by atoms with E-state index in [1.54, 1.807) is 0 Å². The Kier molecular flexibility index (Phi) is 5.05. The molecule has 0 aliphatic carbocycles. The number of nitrogens with zero attached hydrogens (tertiary/aromatic N) is 2. The van der Waals surface area contributed by atoms with Gasteiger partial charge in [0.1, 0.15) is 0 Å². The van der Waals surface area contributed by atoms with Crippen molar-refractivity contribution < 1.29 is 9.21 Å². The summed E-state index contributed by atoms with van der Waals surface area (Å²) < 4.78 is 6.51. The Bertz CT molecular complexity index is 861. The number of hydrogen-bond donors (Lipinski definition) is 1. The Balaban J connectivity index is 1.61. The summed E-state index contributed by atoms with van der Waals surface area (Å²) in [4.78, 5) is 12.0. The van der Waals surface area contributed by atoms with Crippen molar-refractivity contribution in [1.82, 2.24) is 10.2 Å². The van der Waals surface area contributed by atoms with Crippen LogP contribution in [0.2, 0.25) is 0 Å². The summed E-state index contributed by atoms with van der Waals surface area (Å²) in [5.41, 5.74) is 2.72. The van der Waals surface area contributed by atoms with Gasteiger partial charge in [-0.1, -0.05) is 30.3 Å². The monoisotopic (exact) mass is 385 g/mol. The Morgan fingerprint density at radius 2 is 1.88 bits per heavy atom. The minimum atomic E-state index is -0.0995. The quantitative estimate of drug-likeness (QED) is 0.707. The first-order valence-electron chi connectivity index (χ1n) is 7.56. The summed E-state index contributed by atoms with van der Waals surface area (Å²) in [7, 11) is 0. The van der Waals surface area contributed by atoms with Gasteiger partial charge < -0.3 is 9.73 Å². The standard InChI is InChI=1S/C18H16BrN3O2/c1-12-6-2-3-7-13(12)18-22-21-17(24-18)11-10-16(23)20-15-9-5-4-8-14(15)19/h2-9H,10-11H2,1H3,(H,20,23). The normalized spacial score (nSPS) is 10.6. The highest BCUT2D eigenvalue weighted by Gasteiger charge is 2.12. The second-order valence-electron chi connectivity index (χ2n) is 5.34. The number of nitrogens with one attached hydrogen (secondary N) is 1. The molecule has 0 saturated heterocycles. The molecular formula is C18H16BrN3O2. The summed E-state index contributed by atoms with van der Waals surface area (Å²) in [6, 6.07) is 15.3. The number of anilines is 1. The third-order valence-corrected chi connectivity index (χ3v) is 4.25. The van der Waals surface area contributed by atoms with Gasteiger partial charge in [0.15, 0.2) is 0 Å². The molecule has 2 aromatic carbocycles. The Morgan fingerprint density at radius 1 is 1.12 bits per heavy atom. The van der Waals surface area contributed by atoms with E-state index in [0.717, 1.165) is 21.3 Å². The minimum Gasteiger partial charge on any atom is -0.421 e. The molecule has 0 fully saturated rings. The van der Waals surface area contributed by atoms with Crippen LogP contribution in [0.3, 0.4) is 0 Å². The molecule has 0 aliphatic heterocycles. The maximum absolute atomic E-state index is 12.0. The van der Waals surface area contributed by atoms with Crippen molar-refractivity contribution in [2.45, 2.75) is 19.8 Å². The molecule has 6 heteroatoms. The van der Waals surface area contributed by atoms with E-state index in [1.807, 2.05) is 55.5 Å². The smallest absolute Gasteiger partial charge is 0.247 e. The van der Waals surface area contributed by atoms with Crippen LogP contribution in [0, 0.1) is 6.92 Å². The molecule has 0 atom stereocenters. The number of aromatic nitrogens is 2. The molecule has 5 nitrogen and oxygen atoms in total. The van der Waals surface area contributed by atoms with E-state index in [1.165, 1.54) is 0 Å². The number of carbonyl (C=O) groups excluding carboxylic acids is 1. The van der Waals surface area contributed by atoms with Gasteiger partial charge >= 0.3 is 0 Å². The zero-order valence-electron chi connectivity index (χ0n) is 13.1. The van der Waals surface area contributed by atoms with Crippen LogP contribution in [0.15, 0.2) is 57.4 Å². The van der Waals surface area contributed by atoms with Gasteiger partial charge in [0, 0.05) is 22.9 Å². The third-order valence-electron chi connectivity index (χ3n) is 3.56. The van der Waals surface area contributed by atoms with Gasteiger partial charge in [-0.2, -0.15) is 0 Å². The van der Waals surface area contributed by atoms with Crippen LogP contribution in [0.4, 0.5) is 5.69 Å². The van der Waals surface area contributed by atoms with Gasteiger partial charge in [-0.15, -0.1) is 10.2 Å². The number of carbonyl (C=O) groups is 1. The zero-order valence-corrected chi connectivity index (χ0v) is 14.7. The third kappa shape index (κ3) is 3.89. The van der Waals surface area contributed by atoms with E-state index in [4.69, 9.17) is 4.42 Å². The lowest BCUT2D eigenvalue weighted by atomic mass is 10.1. The number of benzene rings is 2. The largest absolute Gasteiger partial charge is 0.421 e. The molecule has 122 valence electrons. The Hall–Kier alpha value is -2.47. The van der Waals surface area contributed by atoms with Crippen molar-refractivity contribution in [3.05, 3.63) is 64.5 Å². The van der Waals surface area contributed by atoms with Crippen molar-refractivity contribution in [2.75, 3.05) is 5.32 Å². The Labute approximate surface area is 148 Å². The summed E-state index contributed by atoms with van der Waals surface area (Å²) in [5.74, 6) is 0.836. The van der Waals surface area contributed by atoms with Crippen LogP contribution in [0.5, 0.6) is 0 Å². The van der Waals surface area contributed by atoms with E-state index in [9.17, 15) is 4.79 Å². The average Bonchev–Trinajstić information content (AvgIpc) is 3.04. The van der Waals surface area contributed by atoms with Crippen LogP contribution < -0.4 is 5.32 Å². The van der Waals surface area contributed by atoms with E-state index < -0.39 is 0 Å². The number of rotatable bonds is 5. The first-order valence-corrected chi connectivity index (χ1v) is 8.35. The van der Waals surface area contributed by atoms with Gasteiger partial charge in [-0.3, -0.25) is 4.79 Å². The summed E-state index contributed by atoms with van der Waals surface area (Å²) in [6.07, 6.45) is 0.673. The molecule has 1 heterocycles. The van der Waals surface area contributed by atoms with E-state index in [2.05, 4.69) is 31.4 Å². The highest BCUT2D eigenvalue weighted by molar-refractivity contribution is 9.10. The van der Waals surface area contributed by atoms with Crippen molar-refractivity contribution in [1.29, 1.82) is 0 Å². The summed E-state index contributed by atoms with van der Waals surface area (Å²) >= 11 is 3.40. The van der Waals surface area contributed by atoms with Gasteiger partial charge in [-0.25, -0.2) is 0 Å². The predicted octanol–water partition coefficient (Wildman–Crippen LogP) is 4.38. The molecule has 1 N–H and O–H groups in total. The lowest BCUT2D eigenvalue weighted by molar-refractivity contribution is -0.116. The van der Waals surface area contributed by atoms with E-state index in [0.29, 0.717) is 18.2 Å². The first-order chi connectivity index (χ1) is 11.6. The highest BCUT2D eigenvalue weighted by atomic mass is 79.9. The lowest BCUT2D eigenvalue weighted by Crippen LogP contribution is -2.12. The van der Waals surface area contributed by atoms with Crippen molar-refractivity contribution in [3.63, 3.8) is 0 Å². The molecule has 0 bridgehead atoms. The van der Waals surface area contributed by atoms with Crippen molar-refractivity contribution >= 4 is 27.5 Å². The lowest BCUT2D eigenvalue weighted by Gasteiger charge is -2.05. The molecular weight excluding hydrogens is 370 g/mol. The molecule has 0 spiro atoms. The van der Waals surface area contributed by atoms with Crippen LogP contribution in [0.1, 0.15) is 17.9 Å². The molecule has 0 aliphatic rings. The predicted molar refractivity (Wildman–Crippen MR) is 95.6 cm³/mol. The fourth-order valence-corrected chi connectivity index (χ4v) is 2.66. The van der Waals surface area contributed by atoms with Gasteiger partial charge in [0.25, 0.3) is 0 Å². The summed E-state index contributed by atoms with van der Waals surface area (Å²) in [5, 5.41) is 10.9. The maximum atomic E-state index is 12.0. The number of halogens is 1. The number of para-hydroxylation sites is 1. The number of hydrogen-bond acceptors (Lipinski definition) is 4. The number of aryl methyl sites for hydroxylation is 2. The van der Waals surface area contributed by atoms with E-state index in [-0.39, 0.29) is 12.3 Å². The topological polar surface area (TPSA) is 68.0 Å². The molecule has 1 aromatic heterocycles. The van der Waals surface area contributed by atoms with Crippen LogP contribution in [0.25, 0.3) is 11.5 Å². The van der Waals surface area contributed by atoms with Crippen LogP contribution >= 0.6 is 15.9 Å². The SMILES string of the molecule is Cc1ccccc1-c1nnc(CCC(=O)Nc2ccccc2Br)o1. The number of amides is 1. The fraction of sp³-hybridized carbons (Fsp3) is 0.167.